The Labute approximate surface area is 388 Å². The fraction of sp³-hybridized carbons (Fsp3) is 0. The van der Waals surface area contributed by atoms with E-state index in [1.165, 1.54) is 65.3 Å². The van der Waals surface area contributed by atoms with Crippen molar-refractivity contribution in [3.63, 3.8) is 0 Å². The second kappa shape index (κ2) is 16.0. The van der Waals surface area contributed by atoms with Gasteiger partial charge in [-0.25, -0.2) is 9.97 Å². The van der Waals surface area contributed by atoms with Gasteiger partial charge in [0.05, 0.1) is 22.4 Å². The normalized spacial score (nSPS) is 11.6. The van der Waals surface area contributed by atoms with E-state index >= 15 is 0 Å². The van der Waals surface area contributed by atoms with Crippen molar-refractivity contribution >= 4 is 54.1 Å². The number of para-hydroxylation sites is 2. The van der Waals surface area contributed by atoms with Crippen LogP contribution >= 0.6 is 0 Å². The van der Waals surface area contributed by atoms with Crippen LogP contribution < -0.4 is 0 Å². The average Bonchev–Trinajstić information content (AvgIpc) is 3.74. The van der Waals surface area contributed by atoms with Crippen LogP contribution in [0.4, 0.5) is 0 Å². The Hall–Kier alpha value is -8.92. The van der Waals surface area contributed by atoms with E-state index in [1.54, 1.807) is 0 Å². The molecule has 0 fully saturated rings. The smallest absolute Gasteiger partial charge is 0.160 e. The molecular formula is C64H41N3. The third kappa shape index (κ3) is 6.67. The summed E-state index contributed by atoms with van der Waals surface area (Å²) in [6.07, 6.45) is 0. The third-order valence-corrected chi connectivity index (χ3v) is 13.4. The first-order valence-corrected chi connectivity index (χ1v) is 22.9. The molecular weight excluding hydrogens is 811 g/mol. The van der Waals surface area contributed by atoms with Crippen molar-refractivity contribution in [1.82, 2.24) is 14.5 Å². The van der Waals surface area contributed by atoms with Crippen LogP contribution in [-0.4, -0.2) is 14.5 Å². The predicted octanol–water partition coefficient (Wildman–Crippen LogP) is 17.0. The Balaban J connectivity index is 0.924. The number of rotatable bonds is 7. The van der Waals surface area contributed by atoms with Gasteiger partial charge in [0.2, 0.25) is 0 Å². The van der Waals surface area contributed by atoms with Crippen molar-refractivity contribution in [3.05, 3.63) is 249 Å². The van der Waals surface area contributed by atoms with Gasteiger partial charge in [-0.3, -0.25) is 0 Å². The number of fused-ring (bicyclic) bond motifs is 7. The van der Waals surface area contributed by atoms with Crippen molar-refractivity contribution < 1.29 is 0 Å². The molecule has 0 bridgehead atoms. The van der Waals surface area contributed by atoms with Gasteiger partial charge in [-0.15, -0.1) is 0 Å². The molecule has 2 heterocycles. The van der Waals surface area contributed by atoms with Gasteiger partial charge in [0, 0.05) is 33.2 Å². The van der Waals surface area contributed by atoms with Crippen molar-refractivity contribution in [3.8, 4) is 73.0 Å². The lowest BCUT2D eigenvalue weighted by molar-refractivity contribution is 1.18. The summed E-state index contributed by atoms with van der Waals surface area (Å²) < 4.78 is 2.36. The first kappa shape index (κ1) is 38.5. The van der Waals surface area contributed by atoms with E-state index in [0.717, 1.165) is 56.0 Å². The average molecular weight is 852 g/mol. The highest BCUT2D eigenvalue weighted by Gasteiger charge is 2.18. The molecule has 13 rings (SSSR count). The van der Waals surface area contributed by atoms with Crippen LogP contribution in [0, 0.1) is 0 Å². The monoisotopic (exact) mass is 851 g/mol. The Morgan fingerprint density at radius 3 is 1.66 bits per heavy atom. The minimum Gasteiger partial charge on any atom is -0.309 e. The summed E-state index contributed by atoms with van der Waals surface area (Å²) >= 11 is 0. The molecule has 3 heteroatoms. The van der Waals surface area contributed by atoms with Crippen molar-refractivity contribution in [2.75, 3.05) is 0 Å². The van der Waals surface area contributed by atoms with Gasteiger partial charge in [-0.1, -0.05) is 206 Å². The van der Waals surface area contributed by atoms with Gasteiger partial charge >= 0.3 is 0 Å². The van der Waals surface area contributed by atoms with Crippen LogP contribution in [0.15, 0.2) is 249 Å². The van der Waals surface area contributed by atoms with E-state index in [1.807, 2.05) is 0 Å². The molecule has 0 amide bonds. The molecule has 2 aromatic heterocycles. The summed E-state index contributed by atoms with van der Waals surface area (Å²) in [5, 5.41) is 9.94. The molecule has 0 N–H and O–H groups in total. The van der Waals surface area contributed by atoms with Crippen molar-refractivity contribution in [2.24, 2.45) is 0 Å². The highest BCUT2D eigenvalue weighted by atomic mass is 15.0. The molecule has 0 radical (unpaired) electrons. The lowest BCUT2D eigenvalue weighted by atomic mass is 9.89. The van der Waals surface area contributed by atoms with Crippen LogP contribution in [0.1, 0.15) is 0 Å². The van der Waals surface area contributed by atoms with E-state index in [2.05, 4.69) is 253 Å². The van der Waals surface area contributed by atoms with Crippen LogP contribution in [0.5, 0.6) is 0 Å². The third-order valence-electron chi connectivity index (χ3n) is 13.4. The van der Waals surface area contributed by atoms with E-state index < -0.39 is 0 Å². The van der Waals surface area contributed by atoms with Crippen molar-refractivity contribution in [2.45, 2.75) is 0 Å². The zero-order valence-electron chi connectivity index (χ0n) is 36.5. The number of nitrogens with zero attached hydrogens (tertiary/aromatic N) is 3. The standard InChI is InChI=1S/C64H41N3/c1-3-15-43(16-4-1)51-21-11-12-24-54(51)60-41-59(45-29-27-42(28-30-45)48-36-38-62-58(39-48)55-25-13-14-26-61(55)67(62)50-19-5-2-6-20-50)65-64(66-60)47-33-31-46(32-34-47)63-53-23-10-8-18-49(53)40-57-52-22-9-7-17-44(52)35-37-56(57)63/h1-41H. The van der Waals surface area contributed by atoms with E-state index in [4.69, 9.17) is 9.97 Å². The summed E-state index contributed by atoms with van der Waals surface area (Å²) in [7, 11) is 0. The maximum absolute atomic E-state index is 5.35. The van der Waals surface area contributed by atoms with Gasteiger partial charge in [-0.05, 0) is 108 Å². The number of hydrogen-bond acceptors (Lipinski definition) is 2. The van der Waals surface area contributed by atoms with Gasteiger partial charge in [0.25, 0.3) is 0 Å². The molecule has 0 spiro atoms. The van der Waals surface area contributed by atoms with Crippen LogP contribution in [-0.2, 0) is 0 Å². The van der Waals surface area contributed by atoms with Crippen molar-refractivity contribution in [1.29, 1.82) is 0 Å². The van der Waals surface area contributed by atoms with Gasteiger partial charge in [0.1, 0.15) is 0 Å². The summed E-state index contributed by atoms with van der Waals surface area (Å²) in [5.41, 5.74) is 15.3. The zero-order valence-corrected chi connectivity index (χ0v) is 36.5. The highest BCUT2D eigenvalue weighted by Crippen LogP contribution is 2.41. The topological polar surface area (TPSA) is 30.7 Å². The second-order valence-corrected chi connectivity index (χ2v) is 17.3. The number of aromatic nitrogens is 3. The fourth-order valence-electron chi connectivity index (χ4n) is 10.2. The Morgan fingerprint density at radius 1 is 0.269 bits per heavy atom. The molecule has 13 aromatic rings. The Morgan fingerprint density at radius 2 is 0.851 bits per heavy atom. The predicted molar refractivity (Wildman–Crippen MR) is 282 cm³/mol. The second-order valence-electron chi connectivity index (χ2n) is 17.3. The number of hydrogen-bond donors (Lipinski definition) is 0. The number of benzene rings is 11. The SMILES string of the molecule is c1ccc(-c2ccccc2-c2cc(-c3ccc(-c4ccc5c(c4)c4ccccc4n5-c4ccccc4)cc3)nc(-c3ccc(-c4c5ccccc5cc5c4ccc4ccccc45)cc3)n2)cc1. The lowest BCUT2D eigenvalue weighted by Gasteiger charge is -2.15. The largest absolute Gasteiger partial charge is 0.309 e. The lowest BCUT2D eigenvalue weighted by Crippen LogP contribution is -1.97. The minimum absolute atomic E-state index is 0.681. The molecule has 0 unspecified atom stereocenters. The summed E-state index contributed by atoms with van der Waals surface area (Å²) in [4.78, 5) is 10.7. The maximum atomic E-state index is 5.35. The Kier molecular flexibility index (Phi) is 9.17. The summed E-state index contributed by atoms with van der Waals surface area (Å²) in [6.45, 7) is 0. The van der Waals surface area contributed by atoms with Gasteiger partial charge < -0.3 is 4.57 Å². The molecule has 0 aliphatic heterocycles. The Bertz CT molecular complexity index is 4000. The van der Waals surface area contributed by atoms with Crippen LogP contribution in [0.2, 0.25) is 0 Å². The fourth-order valence-corrected chi connectivity index (χ4v) is 10.2. The molecule has 0 saturated heterocycles. The van der Waals surface area contributed by atoms with Crippen LogP contribution in [0.25, 0.3) is 127 Å². The van der Waals surface area contributed by atoms with E-state index in [-0.39, 0.29) is 0 Å². The molecule has 0 saturated carbocycles. The molecule has 3 nitrogen and oxygen atoms in total. The molecule has 67 heavy (non-hydrogen) atoms. The molecule has 0 aliphatic rings. The molecule has 312 valence electrons. The maximum Gasteiger partial charge on any atom is 0.160 e. The van der Waals surface area contributed by atoms with E-state index in [9.17, 15) is 0 Å². The molecule has 0 aliphatic carbocycles. The van der Waals surface area contributed by atoms with Gasteiger partial charge in [-0.2, -0.15) is 0 Å². The zero-order chi connectivity index (χ0) is 44.3. The van der Waals surface area contributed by atoms with E-state index in [0.29, 0.717) is 5.82 Å². The molecule has 11 aromatic carbocycles. The summed E-state index contributed by atoms with van der Waals surface area (Å²) in [6, 6.07) is 89.3. The molecule has 0 atom stereocenters. The first-order valence-electron chi connectivity index (χ1n) is 22.9. The highest BCUT2D eigenvalue weighted by molar-refractivity contribution is 6.20. The minimum atomic E-state index is 0.681. The van der Waals surface area contributed by atoms with Crippen LogP contribution in [0.3, 0.4) is 0 Å². The van der Waals surface area contributed by atoms with Gasteiger partial charge in [0.15, 0.2) is 5.82 Å². The quantitative estimate of drug-likeness (QED) is 0.118. The first-order chi connectivity index (χ1) is 33.2. The summed E-state index contributed by atoms with van der Waals surface area (Å²) in [5.74, 6) is 0.681.